The maximum atomic E-state index is 2.42. The van der Waals surface area contributed by atoms with Crippen molar-refractivity contribution in [1.29, 1.82) is 0 Å². The molecular formula is C25H31. The van der Waals surface area contributed by atoms with Gasteiger partial charge >= 0.3 is 0 Å². The fourth-order valence-corrected chi connectivity index (χ4v) is 3.62. The van der Waals surface area contributed by atoms with Crippen molar-refractivity contribution >= 4 is 6.08 Å². The minimum absolute atomic E-state index is 0.201. The molecule has 0 spiro atoms. The minimum atomic E-state index is 0.201. The van der Waals surface area contributed by atoms with Crippen molar-refractivity contribution < 1.29 is 0 Å². The summed E-state index contributed by atoms with van der Waals surface area (Å²) in [6, 6.07) is 15.8. The molecule has 0 aliphatic heterocycles. The smallest absolute Gasteiger partial charge is 0.0167 e. The minimum Gasteiger partial charge on any atom is -0.0654 e. The first-order valence-corrected chi connectivity index (χ1v) is 9.70. The van der Waals surface area contributed by atoms with E-state index in [9.17, 15) is 0 Å². The Morgan fingerprint density at radius 1 is 0.960 bits per heavy atom. The van der Waals surface area contributed by atoms with Crippen LogP contribution in [-0.2, 0) is 5.41 Å². The summed E-state index contributed by atoms with van der Waals surface area (Å²) in [6.45, 7) is 11.4. The molecule has 3 rings (SSSR count). The summed E-state index contributed by atoms with van der Waals surface area (Å²) in [5.74, 6) is 0.642. The van der Waals surface area contributed by atoms with Crippen LogP contribution in [0.1, 0.15) is 70.6 Å². The highest BCUT2D eigenvalue weighted by atomic mass is 14.2. The molecule has 0 bridgehead atoms. The highest BCUT2D eigenvalue weighted by Crippen LogP contribution is 2.39. The molecule has 0 heteroatoms. The zero-order chi connectivity index (χ0) is 18.0. The Bertz CT molecular complexity index is 754. The van der Waals surface area contributed by atoms with E-state index in [-0.39, 0.29) is 5.41 Å². The lowest BCUT2D eigenvalue weighted by Gasteiger charge is -2.19. The normalized spacial score (nSPS) is 15.0. The van der Waals surface area contributed by atoms with Crippen LogP contribution in [-0.4, -0.2) is 0 Å². The fraction of sp³-hybridized carbons (Fsp3) is 0.400. The van der Waals surface area contributed by atoms with Gasteiger partial charge in [-0.05, 0) is 45.6 Å². The lowest BCUT2D eigenvalue weighted by atomic mass is 9.86. The molecule has 0 nitrogen and oxygen atoms in total. The maximum Gasteiger partial charge on any atom is 0.0167 e. The van der Waals surface area contributed by atoms with E-state index in [1.165, 1.54) is 52.7 Å². The topological polar surface area (TPSA) is 0 Å². The van der Waals surface area contributed by atoms with Crippen LogP contribution < -0.4 is 0 Å². The standard InChI is InChI=1S/C25H31/c1-6-7-9-18(2)21-16-20-10-8-11-23(24(20)17-21)19-12-14-22(15-13-19)25(3,4)5/h8,10-18H,6-7,9H2,1-5H3. The van der Waals surface area contributed by atoms with E-state index in [4.69, 9.17) is 0 Å². The van der Waals surface area contributed by atoms with Crippen LogP contribution in [0.15, 0.2) is 48.0 Å². The second-order valence-corrected chi connectivity index (χ2v) is 8.47. The van der Waals surface area contributed by atoms with Crippen LogP contribution in [0, 0.1) is 12.3 Å². The molecule has 0 amide bonds. The van der Waals surface area contributed by atoms with Crippen molar-refractivity contribution in [2.75, 3.05) is 0 Å². The van der Waals surface area contributed by atoms with Crippen molar-refractivity contribution in [2.24, 2.45) is 5.92 Å². The van der Waals surface area contributed by atoms with E-state index in [1.54, 1.807) is 0 Å². The van der Waals surface area contributed by atoms with E-state index < -0.39 is 0 Å². The third kappa shape index (κ3) is 3.89. The number of fused-ring (bicyclic) bond motifs is 1. The molecule has 1 aliphatic carbocycles. The van der Waals surface area contributed by atoms with Crippen LogP contribution in [0.2, 0.25) is 0 Å². The summed E-state index contributed by atoms with van der Waals surface area (Å²) in [7, 11) is 0. The van der Waals surface area contributed by atoms with E-state index in [1.807, 2.05) is 0 Å². The molecule has 0 fully saturated rings. The molecule has 25 heavy (non-hydrogen) atoms. The van der Waals surface area contributed by atoms with E-state index in [2.05, 4.69) is 89.6 Å². The van der Waals surface area contributed by atoms with Crippen molar-refractivity contribution in [3.63, 3.8) is 0 Å². The molecule has 0 aromatic heterocycles. The van der Waals surface area contributed by atoms with Crippen molar-refractivity contribution in [3.05, 3.63) is 71.1 Å². The highest BCUT2D eigenvalue weighted by Gasteiger charge is 2.20. The molecule has 1 radical (unpaired) electrons. The molecule has 1 aliphatic rings. The third-order valence-corrected chi connectivity index (χ3v) is 5.39. The lowest BCUT2D eigenvalue weighted by Crippen LogP contribution is -2.10. The summed E-state index contributed by atoms with van der Waals surface area (Å²) in [4.78, 5) is 0. The third-order valence-electron chi connectivity index (χ3n) is 5.39. The van der Waals surface area contributed by atoms with Gasteiger partial charge in [0.2, 0.25) is 0 Å². The number of unbranched alkanes of at least 4 members (excludes halogenated alkanes) is 1. The molecule has 0 N–H and O–H groups in total. The Labute approximate surface area is 154 Å². The molecule has 0 saturated heterocycles. The van der Waals surface area contributed by atoms with Crippen molar-refractivity contribution in [2.45, 2.75) is 59.3 Å². The average Bonchev–Trinajstić information content (AvgIpc) is 3.03. The molecule has 0 saturated carbocycles. The SMILES string of the molecule is CCCCC(C)C1=Cc2c(cccc2-c2ccc(C(C)(C)C)cc2)[CH]1. The largest absolute Gasteiger partial charge is 0.0654 e. The Balaban J connectivity index is 1.91. The van der Waals surface area contributed by atoms with Gasteiger partial charge in [0.1, 0.15) is 0 Å². The van der Waals surface area contributed by atoms with Gasteiger partial charge in [0.25, 0.3) is 0 Å². The van der Waals surface area contributed by atoms with Gasteiger partial charge < -0.3 is 0 Å². The number of hydrogen-bond acceptors (Lipinski definition) is 0. The molecular weight excluding hydrogens is 300 g/mol. The predicted octanol–water partition coefficient (Wildman–Crippen LogP) is 7.43. The van der Waals surface area contributed by atoms with Crippen LogP contribution in [0.3, 0.4) is 0 Å². The van der Waals surface area contributed by atoms with Gasteiger partial charge in [-0.1, -0.05) is 102 Å². The van der Waals surface area contributed by atoms with Crippen LogP contribution >= 0.6 is 0 Å². The second kappa shape index (κ2) is 7.20. The number of rotatable bonds is 5. The monoisotopic (exact) mass is 331 g/mol. The predicted molar refractivity (Wildman–Crippen MR) is 111 cm³/mol. The molecule has 1 unspecified atom stereocenters. The molecule has 131 valence electrons. The van der Waals surface area contributed by atoms with Gasteiger partial charge in [0, 0.05) is 6.42 Å². The summed E-state index contributed by atoms with van der Waals surface area (Å²) in [6.07, 6.45) is 8.67. The van der Waals surface area contributed by atoms with E-state index >= 15 is 0 Å². The van der Waals surface area contributed by atoms with Crippen molar-refractivity contribution in [3.8, 4) is 11.1 Å². The zero-order valence-electron chi connectivity index (χ0n) is 16.4. The summed E-state index contributed by atoms with van der Waals surface area (Å²) in [5, 5.41) is 0. The average molecular weight is 332 g/mol. The Kier molecular flexibility index (Phi) is 5.18. The van der Waals surface area contributed by atoms with Gasteiger partial charge in [0.15, 0.2) is 0 Å². The maximum absolute atomic E-state index is 2.42. The first-order chi connectivity index (χ1) is 11.9. The summed E-state index contributed by atoms with van der Waals surface area (Å²) < 4.78 is 0. The number of benzene rings is 2. The quantitative estimate of drug-likeness (QED) is 0.534. The van der Waals surface area contributed by atoms with Gasteiger partial charge in [0.05, 0.1) is 0 Å². The lowest BCUT2D eigenvalue weighted by molar-refractivity contribution is 0.580. The Morgan fingerprint density at radius 3 is 2.32 bits per heavy atom. The zero-order valence-corrected chi connectivity index (χ0v) is 16.4. The van der Waals surface area contributed by atoms with E-state index in [0.717, 1.165) is 0 Å². The van der Waals surface area contributed by atoms with Crippen LogP contribution in [0.25, 0.3) is 17.2 Å². The van der Waals surface area contributed by atoms with Gasteiger partial charge in [-0.3, -0.25) is 0 Å². The van der Waals surface area contributed by atoms with Crippen LogP contribution in [0.4, 0.5) is 0 Å². The fourth-order valence-electron chi connectivity index (χ4n) is 3.62. The first-order valence-electron chi connectivity index (χ1n) is 9.70. The molecule has 0 heterocycles. The van der Waals surface area contributed by atoms with Crippen LogP contribution in [0.5, 0.6) is 0 Å². The molecule has 1 atom stereocenters. The molecule has 2 aromatic carbocycles. The molecule has 2 aromatic rings. The number of allylic oxidation sites excluding steroid dienone is 1. The summed E-state index contributed by atoms with van der Waals surface area (Å²) >= 11 is 0. The van der Waals surface area contributed by atoms with Gasteiger partial charge in [-0.2, -0.15) is 0 Å². The van der Waals surface area contributed by atoms with E-state index in [0.29, 0.717) is 5.92 Å². The van der Waals surface area contributed by atoms with Gasteiger partial charge in [-0.15, -0.1) is 0 Å². The second-order valence-electron chi connectivity index (χ2n) is 8.47. The number of hydrogen-bond donors (Lipinski definition) is 0. The van der Waals surface area contributed by atoms with Crippen molar-refractivity contribution in [1.82, 2.24) is 0 Å². The highest BCUT2D eigenvalue weighted by molar-refractivity contribution is 5.83. The van der Waals surface area contributed by atoms with Gasteiger partial charge in [-0.25, -0.2) is 0 Å². The summed E-state index contributed by atoms with van der Waals surface area (Å²) in [5.41, 5.74) is 8.51. The Hall–Kier alpha value is -1.82. The first kappa shape index (κ1) is 18.0. The Morgan fingerprint density at radius 2 is 1.68 bits per heavy atom.